The molecule has 2 rings (SSSR count). The number of rotatable bonds is 0. The Hall–Kier alpha value is -0.780. The lowest BCUT2D eigenvalue weighted by atomic mass is 10.0. The minimum absolute atomic E-state index is 0.0000954. The molecule has 0 spiro atoms. The predicted octanol–water partition coefficient (Wildman–Crippen LogP) is 2.10. The van der Waals surface area contributed by atoms with Crippen molar-refractivity contribution in [2.24, 2.45) is 0 Å². The molecule has 1 N–H and O–H groups in total. The maximum Gasteiger partial charge on any atom is 0.326 e. The fraction of sp³-hybridized carbons (Fsp3) is 0.300. The first-order chi connectivity index (χ1) is 6.81. The van der Waals surface area contributed by atoms with Gasteiger partial charge in [-0.1, -0.05) is 24.3 Å². The molecule has 2 amide bonds. The van der Waals surface area contributed by atoms with E-state index in [1.54, 1.807) is 0 Å². The third-order valence-electron chi connectivity index (χ3n) is 2.50. The molecule has 0 aliphatic carbocycles. The van der Waals surface area contributed by atoms with Gasteiger partial charge in [0, 0.05) is 13.1 Å². The third kappa shape index (κ3) is 1.84. The van der Waals surface area contributed by atoms with Gasteiger partial charge in [0.15, 0.2) is 0 Å². The highest BCUT2D eigenvalue weighted by molar-refractivity contribution is 14.1. The Kier molecular flexibility index (Phi) is 2.90. The number of urea groups is 1. The van der Waals surface area contributed by atoms with E-state index in [1.165, 1.54) is 11.1 Å². The second kappa shape index (κ2) is 4.16. The van der Waals surface area contributed by atoms with Gasteiger partial charge in [0.05, 0.1) is 22.9 Å². The highest BCUT2D eigenvalue weighted by atomic mass is 127. The molecular formula is C10H11IN2O. The minimum atomic E-state index is 0.0000954. The van der Waals surface area contributed by atoms with Crippen LogP contribution >= 0.6 is 22.9 Å². The van der Waals surface area contributed by atoms with Gasteiger partial charge in [-0.2, -0.15) is 0 Å². The SMILES string of the molecule is O=C(NI)N1CCc2ccccc2C1. The standard InChI is InChI=1S/C10H11IN2O/c11-12-10(14)13-6-5-8-3-1-2-4-9(8)7-13/h1-4H,5-7H2,(H,12,14). The third-order valence-corrected chi connectivity index (χ3v) is 2.96. The van der Waals surface area contributed by atoms with Gasteiger partial charge in [0.2, 0.25) is 0 Å². The zero-order valence-corrected chi connectivity index (χ0v) is 9.82. The molecule has 14 heavy (non-hydrogen) atoms. The summed E-state index contributed by atoms with van der Waals surface area (Å²) >= 11 is 1.87. The first kappa shape index (κ1) is 9.76. The number of carbonyl (C=O) groups excluding carboxylic acids is 1. The summed E-state index contributed by atoms with van der Waals surface area (Å²) in [5.41, 5.74) is 2.63. The van der Waals surface area contributed by atoms with E-state index in [0.717, 1.165) is 19.5 Å². The maximum atomic E-state index is 11.4. The summed E-state index contributed by atoms with van der Waals surface area (Å²) < 4.78 is 2.62. The van der Waals surface area contributed by atoms with Crippen LogP contribution < -0.4 is 3.53 Å². The molecule has 0 atom stereocenters. The molecule has 1 aromatic carbocycles. The molecule has 4 heteroatoms. The smallest absolute Gasteiger partial charge is 0.320 e. The van der Waals surface area contributed by atoms with E-state index in [4.69, 9.17) is 0 Å². The van der Waals surface area contributed by atoms with Crippen molar-refractivity contribution in [3.63, 3.8) is 0 Å². The van der Waals surface area contributed by atoms with E-state index < -0.39 is 0 Å². The minimum Gasteiger partial charge on any atom is -0.320 e. The average molecular weight is 302 g/mol. The van der Waals surface area contributed by atoms with Gasteiger partial charge in [0.25, 0.3) is 0 Å². The molecule has 1 aromatic rings. The van der Waals surface area contributed by atoms with Crippen LogP contribution in [0, 0.1) is 0 Å². The Morgan fingerprint density at radius 2 is 2.07 bits per heavy atom. The van der Waals surface area contributed by atoms with Gasteiger partial charge < -0.3 is 4.90 Å². The number of fused-ring (bicyclic) bond motifs is 1. The Balaban J connectivity index is 2.17. The molecule has 74 valence electrons. The van der Waals surface area contributed by atoms with Gasteiger partial charge in [0.1, 0.15) is 0 Å². The molecule has 0 unspecified atom stereocenters. The Morgan fingerprint density at radius 1 is 1.36 bits per heavy atom. The van der Waals surface area contributed by atoms with Crippen molar-refractivity contribution >= 4 is 28.9 Å². The Morgan fingerprint density at radius 3 is 2.79 bits per heavy atom. The summed E-state index contributed by atoms with van der Waals surface area (Å²) in [7, 11) is 0. The Labute approximate surface area is 97.0 Å². The summed E-state index contributed by atoms with van der Waals surface area (Å²) in [5.74, 6) is 0. The fourth-order valence-corrected chi connectivity index (χ4v) is 2.07. The number of nitrogens with zero attached hydrogens (tertiary/aromatic N) is 1. The summed E-state index contributed by atoms with van der Waals surface area (Å²) in [6.07, 6.45) is 0.959. The van der Waals surface area contributed by atoms with Crippen molar-refractivity contribution in [1.29, 1.82) is 0 Å². The van der Waals surface area contributed by atoms with Crippen LogP contribution in [-0.4, -0.2) is 17.5 Å². The zero-order valence-electron chi connectivity index (χ0n) is 7.66. The largest absolute Gasteiger partial charge is 0.326 e. The van der Waals surface area contributed by atoms with Crippen LogP contribution in [0.25, 0.3) is 0 Å². The quantitative estimate of drug-likeness (QED) is 0.578. The van der Waals surface area contributed by atoms with Gasteiger partial charge >= 0.3 is 6.03 Å². The van der Waals surface area contributed by atoms with Crippen LogP contribution in [0.3, 0.4) is 0 Å². The highest BCUT2D eigenvalue weighted by Gasteiger charge is 2.19. The summed E-state index contributed by atoms with van der Waals surface area (Å²) in [5, 5.41) is 0. The second-order valence-corrected chi connectivity index (χ2v) is 3.88. The van der Waals surface area contributed by atoms with Crippen LogP contribution in [0.1, 0.15) is 11.1 Å². The lowest BCUT2D eigenvalue weighted by molar-refractivity contribution is 0.200. The van der Waals surface area contributed by atoms with Crippen molar-refractivity contribution in [2.75, 3.05) is 6.54 Å². The van der Waals surface area contributed by atoms with Crippen LogP contribution in [-0.2, 0) is 13.0 Å². The topological polar surface area (TPSA) is 32.3 Å². The molecule has 1 heterocycles. The molecule has 0 saturated carbocycles. The first-order valence-corrected chi connectivity index (χ1v) is 5.61. The summed E-state index contributed by atoms with van der Waals surface area (Å²) in [4.78, 5) is 13.2. The van der Waals surface area contributed by atoms with Gasteiger partial charge in [-0.05, 0) is 17.5 Å². The van der Waals surface area contributed by atoms with Gasteiger partial charge in [-0.25, -0.2) is 4.79 Å². The highest BCUT2D eigenvalue weighted by Crippen LogP contribution is 2.18. The van der Waals surface area contributed by atoms with Crippen LogP contribution in [0.5, 0.6) is 0 Å². The molecule has 0 radical (unpaired) electrons. The van der Waals surface area contributed by atoms with Crippen LogP contribution in [0.4, 0.5) is 4.79 Å². The molecule has 1 aliphatic rings. The van der Waals surface area contributed by atoms with E-state index in [9.17, 15) is 4.79 Å². The van der Waals surface area contributed by atoms with E-state index >= 15 is 0 Å². The lowest BCUT2D eigenvalue weighted by Crippen LogP contribution is -2.39. The second-order valence-electron chi connectivity index (χ2n) is 3.34. The van der Waals surface area contributed by atoms with Crippen molar-refractivity contribution < 1.29 is 4.79 Å². The number of halogens is 1. The summed E-state index contributed by atoms with van der Waals surface area (Å²) in [6.45, 7) is 1.54. The first-order valence-electron chi connectivity index (χ1n) is 4.53. The normalized spacial score (nSPS) is 14.8. The number of benzene rings is 1. The molecular weight excluding hydrogens is 291 g/mol. The lowest BCUT2D eigenvalue weighted by Gasteiger charge is -2.27. The van der Waals surface area contributed by atoms with E-state index in [-0.39, 0.29) is 6.03 Å². The molecule has 0 fully saturated rings. The van der Waals surface area contributed by atoms with Crippen LogP contribution in [0.15, 0.2) is 24.3 Å². The van der Waals surface area contributed by atoms with Gasteiger partial charge in [-0.15, -0.1) is 0 Å². The molecule has 0 saturated heterocycles. The number of carbonyl (C=O) groups is 1. The van der Waals surface area contributed by atoms with Crippen LogP contribution in [0.2, 0.25) is 0 Å². The van der Waals surface area contributed by atoms with Crippen molar-refractivity contribution in [1.82, 2.24) is 8.43 Å². The van der Waals surface area contributed by atoms with Gasteiger partial charge in [-0.3, -0.25) is 3.53 Å². The molecule has 0 aromatic heterocycles. The zero-order chi connectivity index (χ0) is 9.97. The monoisotopic (exact) mass is 302 g/mol. The molecule has 3 nitrogen and oxygen atoms in total. The van der Waals surface area contributed by atoms with E-state index in [0.29, 0.717) is 0 Å². The van der Waals surface area contributed by atoms with Crippen molar-refractivity contribution in [3.8, 4) is 0 Å². The number of hydrogen-bond acceptors (Lipinski definition) is 1. The molecule has 0 bridgehead atoms. The van der Waals surface area contributed by atoms with E-state index in [2.05, 4.69) is 15.7 Å². The molecule has 1 aliphatic heterocycles. The number of nitrogens with one attached hydrogen (secondary N) is 1. The Bertz CT molecular complexity index is 354. The maximum absolute atomic E-state index is 11.4. The predicted molar refractivity (Wildman–Crippen MR) is 63.1 cm³/mol. The summed E-state index contributed by atoms with van der Waals surface area (Å²) in [6, 6.07) is 8.29. The average Bonchev–Trinajstić information content (AvgIpc) is 2.27. The number of hydrogen-bond donors (Lipinski definition) is 1. The number of amides is 2. The fourth-order valence-electron chi connectivity index (χ4n) is 1.73. The van der Waals surface area contributed by atoms with Crippen molar-refractivity contribution in [3.05, 3.63) is 35.4 Å². The van der Waals surface area contributed by atoms with E-state index in [1.807, 2.05) is 39.9 Å². The van der Waals surface area contributed by atoms with Crippen molar-refractivity contribution in [2.45, 2.75) is 13.0 Å².